The van der Waals surface area contributed by atoms with Crippen molar-refractivity contribution in [3.05, 3.63) is 63.3 Å². The SMILES string of the molecule is C=CCN(Cc1ccc(Cl)s1)C(=O)C1CCN(S(=O)(=O)c2ccc3c(c2)CCC3)CC1. The molecule has 1 aromatic heterocycles. The number of hydrogen-bond acceptors (Lipinski definition) is 4. The lowest BCUT2D eigenvalue weighted by atomic mass is 9.96. The molecule has 1 aliphatic carbocycles. The highest BCUT2D eigenvalue weighted by molar-refractivity contribution is 7.89. The number of amides is 1. The molecule has 0 saturated carbocycles. The molecular weight excluding hydrogens is 452 g/mol. The van der Waals surface area contributed by atoms with Gasteiger partial charge in [0.1, 0.15) is 0 Å². The maximum absolute atomic E-state index is 13.1. The van der Waals surface area contributed by atoms with E-state index in [-0.39, 0.29) is 11.8 Å². The van der Waals surface area contributed by atoms with Gasteiger partial charge in [0.15, 0.2) is 0 Å². The molecule has 8 heteroatoms. The van der Waals surface area contributed by atoms with E-state index < -0.39 is 10.0 Å². The van der Waals surface area contributed by atoms with Crippen molar-refractivity contribution in [1.29, 1.82) is 0 Å². The molecule has 5 nitrogen and oxygen atoms in total. The monoisotopic (exact) mass is 478 g/mol. The number of piperidine rings is 1. The first kappa shape index (κ1) is 22.5. The molecule has 0 N–H and O–H groups in total. The number of fused-ring (bicyclic) bond motifs is 1. The molecule has 1 aliphatic heterocycles. The molecule has 0 atom stereocenters. The number of thiophene rings is 1. The number of benzene rings is 1. The predicted molar refractivity (Wildman–Crippen MR) is 125 cm³/mol. The first-order valence-corrected chi connectivity index (χ1v) is 13.3. The van der Waals surface area contributed by atoms with Gasteiger partial charge in [0.05, 0.1) is 15.8 Å². The van der Waals surface area contributed by atoms with Gasteiger partial charge < -0.3 is 4.90 Å². The first-order valence-electron chi connectivity index (χ1n) is 10.6. The smallest absolute Gasteiger partial charge is 0.243 e. The molecule has 1 fully saturated rings. The van der Waals surface area contributed by atoms with Gasteiger partial charge in [0.25, 0.3) is 0 Å². The summed E-state index contributed by atoms with van der Waals surface area (Å²) in [7, 11) is -3.53. The van der Waals surface area contributed by atoms with Crippen LogP contribution in [-0.2, 0) is 34.2 Å². The van der Waals surface area contributed by atoms with Gasteiger partial charge in [-0.3, -0.25) is 4.79 Å². The molecule has 2 heterocycles. The summed E-state index contributed by atoms with van der Waals surface area (Å²) in [6, 6.07) is 9.29. The number of rotatable bonds is 7. The molecule has 166 valence electrons. The number of aryl methyl sites for hydroxylation is 2. The van der Waals surface area contributed by atoms with E-state index in [1.165, 1.54) is 21.2 Å². The van der Waals surface area contributed by atoms with E-state index in [2.05, 4.69) is 6.58 Å². The Morgan fingerprint density at radius 3 is 2.61 bits per heavy atom. The Kier molecular flexibility index (Phi) is 6.86. The summed E-state index contributed by atoms with van der Waals surface area (Å²) in [5, 5.41) is 0. The van der Waals surface area contributed by atoms with Crippen LogP contribution in [0.5, 0.6) is 0 Å². The van der Waals surface area contributed by atoms with Crippen molar-refractivity contribution >= 4 is 38.9 Å². The van der Waals surface area contributed by atoms with Gasteiger partial charge in [-0.2, -0.15) is 4.31 Å². The summed E-state index contributed by atoms with van der Waals surface area (Å²) in [6.45, 7) is 5.46. The molecule has 4 rings (SSSR count). The van der Waals surface area contributed by atoms with Crippen LogP contribution in [-0.4, -0.2) is 43.2 Å². The van der Waals surface area contributed by atoms with Crippen LogP contribution in [0.3, 0.4) is 0 Å². The summed E-state index contributed by atoms with van der Waals surface area (Å²) >= 11 is 7.49. The number of carbonyl (C=O) groups is 1. The Balaban J connectivity index is 1.41. The Labute approximate surface area is 193 Å². The Bertz CT molecular complexity index is 1070. The first-order chi connectivity index (χ1) is 14.9. The van der Waals surface area contributed by atoms with Gasteiger partial charge >= 0.3 is 0 Å². The normalized spacial score (nSPS) is 17.5. The van der Waals surface area contributed by atoms with E-state index in [9.17, 15) is 13.2 Å². The Morgan fingerprint density at radius 1 is 1.19 bits per heavy atom. The molecule has 2 aromatic rings. The Hall–Kier alpha value is -1.67. The summed E-state index contributed by atoms with van der Waals surface area (Å²) < 4.78 is 28.5. The fraction of sp³-hybridized carbons (Fsp3) is 0.435. The molecule has 0 bridgehead atoms. The van der Waals surface area contributed by atoms with E-state index in [1.54, 1.807) is 17.0 Å². The molecule has 2 aliphatic rings. The molecular formula is C23H27ClN2O3S2. The van der Waals surface area contributed by atoms with Crippen LogP contribution in [0.2, 0.25) is 4.34 Å². The van der Waals surface area contributed by atoms with Crippen molar-refractivity contribution < 1.29 is 13.2 Å². The molecule has 1 saturated heterocycles. The highest BCUT2D eigenvalue weighted by Gasteiger charge is 2.34. The van der Waals surface area contributed by atoms with Crippen molar-refractivity contribution in [1.82, 2.24) is 9.21 Å². The van der Waals surface area contributed by atoms with Crippen LogP contribution in [0.1, 0.15) is 35.3 Å². The lowest BCUT2D eigenvalue weighted by Crippen LogP contribution is -2.44. The van der Waals surface area contributed by atoms with Crippen LogP contribution >= 0.6 is 22.9 Å². The molecule has 0 radical (unpaired) electrons. The van der Waals surface area contributed by atoms with E-state index in [1.807, 2.05) is 24.3 Å². The zero-order valence-electron chi connectivity index (χ0n) is 17.4. The fourth-order valence-electron chi connectivity index (χ4n) is 4.47. The minimum Gasteiger partial charge on any atom is -0.334 e. The van der Waals surface area contributed by atoms with E-state index in [0.29, 0.717) is 48.3 Å². The van der Waals surface area contributed by atoms with Gasteiger partial charge in [-0.15, -0.1) is 17.9 Å². The van der Waals surface area contributed by atoms with Gasteiger partial charge in [-0.1, -0.05) is 23.7 Å². The minimum atomic E-state index is -3.53. The highest BCUT2D eigenvalue weighted by atomic mass is 35.5. The van der Waals surface area contributed by atoms with E-state index in [4.69, 9.17) is 11.6 Å². The van der Waals surface area contributed by atoms with Gasteiger partial charge in [0.2, 0.25) is 15.9 Å². The maximum Gasteiger partial charge on any atom is 0.243 e. The third kappa shape index (κ3) is 4.90. The quantitative estimate of drug-likeness (QED) is 0.550. The third-order valence-corrected chi connectivity index (χ3v) is 9.26. The number of hydrogen-bond donors (Lipinski definition) is 0. The summed E-state index contributed by atoms with van der Waals surface area (Å²) in [5.74, 6) is -0.124. The lowest BCUT2D eigenvalue weighted by Gasteiger charge is -2.33. The van der Waals surface area contributed by atoms with Crippen LogP contribution in [0.4, 0.5) is 0 Å². The number of carbonyl (C=O) groups excluding carboxylic acids is 1. The van der Waals surface area contributed by atoms with Crippen LogP contribution in [0.25, 0.3) is 0 Å². The lowest BCUT2D eigenvalue weighted by molar-refractivity contribution is -0.136. The second kappa shape index (κ2) is 9.45. The van der Waals surface area contributed by atoms with Crippen LogP contribution in [0, 0.1) is 5.92 Å². The van der Waals surface area contributed by atoms with Crippen LogP contribution in [0.15, 0.2) is 47.9 Å². The topological polar surface area (TPSA) is 57.7 Å². The number of nitrogens with zero attached hydrogens (tertiary/aromatic N) is 2. The fourth-order valence-corrected chi connectivity index (χ4v) is 7.10. The molecule has 1 amide bonds. The van der Waals surface area contributed by atoms with Crippen LogP contribution < -0.4 is 0 Å². The van der Waals surface area contributed by atoms with Crippen molar-refractivity contribution in [2.75, 3.05) is 19.6 Å². The molecule has 0 unspecified atom stereocenters. The standard InChI is InChI=1S/C23H27ClN2O3S2/c1-2-12-25(16-20-7-9-22(24)30-20)23(27)18-10-13-26(14-11-18)31(28,29)21-8-6-17-4-3-5-19(17)15-21/h2,6-9,15,18H,1,3-5,10-14,16H2. The number of halogens is 1. The van der Waals surface area contributed by atoms with E-state index >= 15 is 0 Å². The maximum atomic E-state index is 13.1. The largest absolute Gasteiger partial charge is 0.334 e. The van der Waals surface area contributed by atoms with Crippen molar-refractivity contribution in [2.45, 2.75) is 43.5 Å². The number of sulfonamides is 1. The molecule has 31 heavy (non-hydrogen) atoms. The highest BCUT2D eigenvalue weighted by Crippen LogP contribution is 2.30. The molecule has 0 spiro atoms. The van der Waals surface area contributed by atoms with Crippen molar-refractivity contribution in [3.63, 3.8) is 0 Å². The van der Waals surface area contributed by atoms with Crippen molar-refractivity contribution in [2.24, 2.45) is 5.92 Å². The third-order valence-electron chi connectivity index (χ3n) is 6.15. The van der Waals surface area contributed by atoms with E-state index in [0.717, 1.165) is 29.7 Å². The van der Waals surface area contributed by atoms with Gasteiger partial charge in [-0.25, -0.2) is 8.42 Å². The zero-order valence-corrected chi connectivity index (χ0v) is 19.8. The van der Waals surface area contributed by atoms with Gasteiger partial charge in [-0.05, 0) is 67.5 Å². The molecule has 1 aromatic carbocycles. The summed E-state index contributed by atoms with van der Waals surface area (Å²) in [6.07, 6.45) is 5.85. The summed E-state index contributed by atoms with van der Waals surface area (Å²) in [5.41, 5.74) is 2.41. The average Bonchev–Trinajstić information content (AvgIpc) is 3.41. The Morgan fingerprint density at radius 2 is 1.94 bits per heavy atom. The van der Waals surface area contributed by atoms with Gasteiger partial charge in [0, 0.05) is 30.4 Å². The second-order valence-electron chi connectivity index (χ2n) is 8.18. The summed E-state index contributed by atoms with van der Waals surface area (Å²) in [4.78, 5) is 16.3. The average molecular weight is 479 g/mol. The zero-order chi connectivity index (χ0) is 22.0. The second-order valence-corrected chi connectivity index (χ2v) is 11.9. The van der Waals surface area contributed by atoms with Crippen molar-refractivity contribution in [3.8, 4) is 0 Å². The minimum absolute atomic E-state index is 0.0546. The predicted octanol–water partition coefficient (Wildman–Crippen LogP) is 4.51.